The number of ether oxygens (including phenoxy) is 1. The minimum atomic E-state index is -0.867. The first-order valence-electron chi connectivity index (χ1n) is 13.5. The third kappa shape index (κ3) is 15.2. The van der Waals surface area contributed by atoms with Crippen LogP contribution in [0, 0.1) is 5.92 Å². The molecule has 1 atom stereocenters. The molecule has 0 unspecified atom stereocenters. The molecule has 0 aromatic heterocycles. The van der Waals surface area contributed by atoms with Gasteiger partial charge in [-0.15, -0.1) is 0 Å². The van der Waals surface area contributed by atoms with E-state index in [1.807, 2.05) is 13.8 Å². The molecule has 0 heterocycles. The van der Waals surface area contributed by atoms with Gasteiger partial charge in [0.2, 0.25) is 11.8 Å². The Hall–Kier alpha value is -1.43. The van der Waals surface area contributed by atoms with Crippen molar-refractivity contribution in [2.75, 3.05) is 13.2 Å². The first-order chi connectivity index (χ1) is 15.9. The van der Waals surface area contributed by atoms with E-state index in [-0.39, 0.29) is 30.9 Å². The maximum absolute atomic E-state index is 13.1. The molecule has 0 fully saturated rings. The quantitative estimate of drug-likeness (QED) is 0.160. The van der Waals surface area contributed by atoms with Crippen molar-refractivity contribution in [3.05, 3.63) is 0 Å². The van der Waals surface area contributed by atoms with Crippen molar-refractivity contribution in [2.24, 2.45) is 5.92 Å². The van der Waals surface area contributed by atoms with Gasteiger partial charge in [-0.2, -0.15) is 0 Å². The first kappa shape index (κ1) is 31.6. The van der Waals surface area contributed by atoms with Crippen LogP contribution in [0.2, 0.25) is 0 Å². The largest absolute Gasteiger partial charge is 0.464 e. The maximum atomic E-state index is 13.1. The Morgan fingerprint density at radius 3 is 1.61 bits per heavy atom. The minimum Gasteiger partial charge on any atom is -0.464 e. The number of esters is 1. The van der Waals surface area contributed by atoms with Gasteiger partial charge >= 0.3 is 5.97 Å². The van der Waals surface area contributed by atoms with Gasteiger partial charge in [-0.3, -0.25) is 14.5 Å². The van der Waals surface area contributed by atoms with Crippen LogP contribution in [-0.2, 0) is 19.1 Å². The minimum absolute atomic E-state index is 0.172. The predicted molar refractivity (Wildman–Crippen MR) is 134 cm³/mol. The molecule has 0 aromatic carbocycles. The predicted octanol–water partition coefficient (Wildman–Crippen LogP) is 6.18. The van der Waals surface area contributed by atoms with Crippen LogP contribution in [0.25, 0.3) is 0 Å². The lowest BCUT2D eigenvalue weighted by Crippen LogP contribution is -2.51. The van der Waals surface area contributed by atoms with Crippen molar-refractivity contribution < 1.29 is 24.2 Å². The van der Waals surface area contributed by atoms with E-state index in [1.54, 1.807) is 0 Å². The highest BCUT2D eigenvalue weighted by atomic mass is 16.5. The van der Waals surface area contributed by atoms with Gasteiger partial charge in [-0.1, -0.05) is 85.5 Å². The highest BCUT2D eigenvalue weighted by Crippen LogP contribution is 2.19. The van der Waals surface area contributed by atoms with Crippen LogP contribution in [0.15, 0.2) is 0 Å². The summed E-state index contributed by atoms with van der Waals surface area (Å²) < 4.78 is 5.49. The van der Waals surface area contributed by atoms with Crippen molar-refractivity contribution in [2.45, 2.75) is 136 Å². The number of carbonyl (C=O) groups is 3. The molecule has 0 bridgehead atoms. The summed E-state index contributed by atoms with van der Waals surface area (Å²) in [5.74, 6) is -1.18. The summed E-state index contributed by atoms with van der Waals surface area (Å²) in [6.45, 7) is 8.48. The van der Waals surface area contributed by atoms with Crippen LogP contribution in [0.3, 0.4) is 0 Å². The summed E-state index contributed by atoms with van der Waals surface area (Å²) in [6.07, 6.45) is 14.0. The second-order valence-corrected chi connectivity index (χ2v) is 9.48. The second-order valence-electron chi connectivity index (χ2n) is 9.48. The van der Waals surface area contributed by atoms with Gasteiger partial charge in [0.1, 0.15) is 6.04 Å². The number of rotatable bonds is 21. The third-order valence-corrected chi connectivity index (χ3v) is 5.97. The number of hydrogen-bond acceptors (Lipinski definition) is 5. The number of aliphatic hydroxyl groups excluding tert-OH is 1. The summed E-state index contributed by atoms with van der Waals surface area (Å²) in [7, 11) is 0. The molecule has 0 aromatic rings. The molecule has 0 aliphatic carbocycles. The van der Waals surface area contributed by atoms with Crippen LogP contribution in [0.4, 0.5) is 0 Å². The topological polar surface area (TPSA) is 83.9 Å². The van der Waals surface area contributed by atoms with E-state index in [0.717, 1.165) is 83.5 Å². The molecule has 0 radical (unpaired) electrons. The second kappa shape index (κ2) is 21.1. The molecule has 0 aliphatic heterocycles. The van der Waals surface area contributed by atoms with Crippen molar-refractivity contribution >= 4 is 17.8 Å². The Labute approximate surface area is 202 Å². The molecule has 0 aliphatic rings. The summed E-state index contributed by atoms with van der Waals surface area (Å²) in [5.41, 5.74) is 0. The lowest BCUT2D eigenvalue weighted by molar-refractivity contribution is -0.163. The lowest BCUT2D eigenvalue weighted by atomic mass is 10.00. The van der Waals surface area contributed by atoms with Crippen LogP contribution in [-0.4, -0.2) is 47.0 Å². The molecular weight excluding hydrogens is 418 g/mol. The Bertz CT molecular complexity index is 495. The van der Waals surface area contributed by atoms with E-state index in [9.17, 15) is 14.4 Å². The maximum Gasteiger partial charge on any atom is 0.329 e. The van der Waals surface area contributed by atoms with Gasteiger partial charge in [-0.25, -0.2) is 4.79 Å². The van der Waals surface area contributed by atoms with Gasteiger partial charge in [0.05, 0.1) is 6.61 Å². The average Bonchev–Trinajstić information content (AvgIpc) is 2.78. The summed E-state index contributed by atoms with van der Waals surface area (Å²) in [6, 6.07) is -0.867. The van der Waals surface area contributed by atoms with Gasteiger partial charge in [-0.05, 0) is 38.0 Å². The van der Waals surface area contributed by atoms with Crippen molar-refractivity contribution in [3.63, 3.8) is 0 Å². The number of carbonyl (C=O) groups excluding carboxylic acids is 3. The molecule has 6 heteroatoms. The molecule has 194 valence electrons. The molecule has 2 amide bonds. The van der Waals surface area contributed by atoms with Crippen LogP contribution in [0.1, 0.15) is 130 Å². The SMILES string of the molecule is CCCCCCCC(=O)N(C(=O)CCCCCCC)[C@H](C(=O)OCCCCCCO)C(C)C. The smallest absolute Gasteiger partial charge is 0.329 e. The summed E-state index contributed by atoms with van der Waals surface area (Å²) in [4.78, 5) is 40.4. The fraction of sp³-hybridized carbons (Fsp3) is 0.889. The van der Waals surface area contributed by atoms with Crippen LogP contribution < -0.4 is 0 Å². The van der Waals surface area contributed by atoms with Gasteiger partial charge in [0.25, 0.3) is 0 Å². The number of imide groups is 1. The zero-order valence-electron chi connectivity index (χ0n) is 21.9. The number of aliphatic hydroxyl groups is 1. The van der Waals surface area contributed by atoms with Crippen molar-refractivity contribution in [1.82, 2.24) is 4.90 Å². The normalized spacial score (nSPS) is 12.1. The molecule has 6 nitrogen and oxygen atoms in total. The van der Waals surface area contributed by atoms with Gasteiger partial charge in [0, 0.05) is 19.4 Å². The van der Waals surface area contributed by atoms with E-state index in [2.05, 4.69) is 13.8 Å². The number of amides is 2. The van der Waals surface area contributed by atoms with Crippen LogP contribution in [0.5, 0.6) is 0 Å². The third-order valence-electron chi connectivity index (χ3n) is 5.97. The molecule has 1 N–H and O–H groups in total. The molecular formula is C27H51NO5. The molecule has 0 spiro atoms. The number of hydrogen-bond donors (Lipinski definition) is 1. The summed E-state index contributed by atoms with van der Waals surface area (Å²) >= 11 is 0. The fourth-order valence-corrected chi connectivity index (χ4v) is 3.95. The monoisotopic (exact) mass is 469 g/mol. The zero-order valence-corrected chi connectivity index (χ0v) is 21.9. The van der Waals surface area contributed by atoms with E-state index < -0.39 is 12.0 Å². The highest BCUT2D eigenvalue weighted by Gasteiger charge is 2.37. The zero-order chi connectivity index (χ0) is 24.9. The highest BCUT2D eigenvalue weighted by molar-refractivity contribution is 5.99. The van der Waals surface area contributed by atoms with Gasteiger partial charge < -0.3 is 9.84 Å². The van der Waals surface area contributed by atoms with Crippen molar-refractivity contribution in [3.8, 4) is 0 Å². The van der Waals surface area contributed by atoms with Crippen molar-refractivity contribution in [1.29, 1.82) is 0 Å². The fourth-order valence-electron chi connectivity index (χ4n) is 3.95. The first-order valence-corrected chi connectivity index (χ1v) is 13.5. The Kier molecular flexibility index (Phi) is 20.2. The number of unbranched alkanes of at least 4 members (excludes halogenated alkanes) is 11. The standard InChI is InChI=1S/C27H51NO5/c1-5-7-9-11-15-19-24(30)28(25(31)20-16-12-10-8-6-2)26(23(3)4)27(32)33-22-18-14-13-17-21-29/h23,26,29H,5-22H2,1-4H3/t26-/m0/s1. The lowest BCUT2D eigenvalue weighted by Gasteiger charge is -2.31. The molecule has 33 heavy (non-hydrogen) atoms. The molecule has 0 rings (SSSR count). The van der Waals surface area contributed by atoms with E-state index in [4.69, 9.17) is 9.84 Å². The molecule has 0 saturated heterocycles. The average molecular weight is 470 g/mol. The Morgan fingerprint density at radius 1 is 0.697 bits per heavy atom. The summed E-state index contributed by atoms with van der Waals surface area (Å²) in [5, 5.41) is 8.86. The Morgan fingerprint density at radius 2 is 1.15 bits per heavy atom. The van der Waals surface area contributed by atoms with Crippen LogP contribution >= 0.6 is 0 Å². The van der Waals surface area contributed by atoms with E-state index in [0.29, 0.717) is 19.3 Å². The molecule has 0 saturated carbocycles. The number of nitrogens with zero attached hydrogens (tertiary/aromatic N) is 1. The van der Waals surface area contributed by atoms with E-state index >= 15 is 0 Å². The van der Waals surface area contributed by atoms with Gasteiger partial charge in [0.15, 0.2) is 0 Å². The Balaban J connectivity index is 5.10. The van der Waals surface area contributed by atoms with E-state index in [1.165, 1.54) is 4.90 Å².